The molecule has 0 N–H and O–H groups in total. The third kappa shape index (κ3) is 5.74. The lowest BCUT2D eigenvalue weighted by Crippen LogP contribution is -2.29. The van der Waals surface area contributed by atoms with Crippen LogP contribution in [0, 0.1) is 5.92 Å². The lowest BCUT2D eigenvalue weighted by Gasteiger charge is -2.35. The maximum atomic E-state index is 5.94. The van der Waals surface area contributed by atoms with Crippen LogP contribution in [-0.4, -0.2) is 29.1 Å². The molecule has 160 valence electrons. The smallest absolute Gasteiger partial charge is 0.258 e. The highest BCUT2D eigenvalue weighted by molar-refractivity contribution is 6.30. The van der Waals surface area contributed by atoms with Gasteiger partial charge in [-0.1, -0.05) is 59.2 Å². The number of hydrogen-bond acceptors (Lipinski definition) is 4. The number of rotatable bonds is 6. The second kappa shape index (κ2) is 10.1. The van der Waals surface area contributed by atoms with Crippen molar-refractivity contribution in [1.82, 2.24) is 15.0 Å². The highest BCUT2D eigenvalue weighted by Crippen LogP contribution is 2.38. The van der Waals surface area contributed by atoms with Gasteiger partial charge in [0.2, 0.25) is 0 Å². The molecule has 1 fully saturated rings. The van der Waals surface area contributed by atoms with E-state index in [1.165, 1.54) is 24.0 Å². The average Bonchev–Trinajstić information content (AvgIpc) is 3.23. The molecule has 4 rings (SSSR count). The fourth-order valence-electron chi connectivity index (χ4n) is 4.44. The average molecular weight is 434 g/mol. The van der Waals surface area contributed by atoms with Gasteiger partial charge in [0.25, 0.3) is 5.89 Å². The monoisotopic (exact) mass is 433 g/mol. The Morgan fingerprint density at radius 3 is 2.48 bits per heavy atom. The third-order valence-electron chi connectivity index (χ3n) is 5.94. The number of halogens is 1. The highest BCUT2D eigenvalue weighted by atomic mass is 35.5. The van der Waals surface area contributed by atoms with Crippen molar-refractivity contribution in [2.24, 2.45) is 5.92 Å². The minimum Gasteiger partial charge on any atom is -0.334 e. The fraction of sp³-hybridized carbons (Fsp3) is 0.346. The lowest BCUT2D eigenvalue weighted by molar-refractivity contribution is 0.183. The van der Waals surface area contributed by atoms with Gasteiger partial charge >= 0.3 is 0 Å². The van der Waals surface area contributed by atoms with Gasteiger partial charge in [0.05, 0.1) is 0 Å². The first kappa shape index (κ1) is 21.6. The molecule has 0 spiro atoms. The molecule has 31 heavy (non-hydrogen) atoms. The molecule has 1 saturated carbocycles. The van der Waals surface area contributed by atoms with Crippen molar-refractivity contribution >= 4 is 17.7 Å². The van der Waals surface area contributed by atoms with Gasteiger partial charge in [0.15, 0.2) is 5.82 Å². The van der Waals surface area contributed by atoms with E-state index in [0.29, 0.717) is 30.1 Å². The zero-order chi connectivity index (χ0) is 21.6. The van der Waals surface area contributed by atoms with E-state index < -0.39 is 0 Å². The summed E-state index contributed by atoms with van der Waals surface area (Å²) in [4.78, 5) is 6.82. The maximum Gasteiger partial charge on any atom is 0.258 e. The van der Waals surface area contributed by atoms with Gasteiger partial charge in [-0.25, -0.2) is 0 Å². The normalized spacial score (nSPS) is 17.4. The van der Waals surface area contributed by atoms with Crippen LogP contribution in [0.2, 0.25) is 5.02 Å². The summed E-state index contributed by atoms with van der Waals surface area (Å²) >= 11 is 5.94. The van der Waals surface area contributed by atoms with E-state index in [1.54, 1.807) is 0 Å². The molecular formula is C26H28ClN3O. The molecule has 1 heterocycles. The first-order valence-electron chi connectivity index (χ1n) is 10.8. The SMILES string of the molecule is CN(C)C(c1ccccc1)C1CCC(=C=Cc2nc(Cc3ccc(Cl)cc3)no2)CC1. The molecule has 0 aliphatic heterocycles. The third-order valence-corrected chi connectivity index (χ3v) is 6.19. The maximum absolute atomic E-state index is 5.94. The van der Waals surface area contributed by atoms with Crippen LogP contribution in [0.4, 0.5) is 0 Å². The minimum atomic E-state index is 0.457. The second-order valence-corrected chi connectivity index (χ2v) is 8.84. The molecule has 0 amide bonds. The number of hydrogen-bond donors (Lipinski definition) is 0. The van der Waals surface area contributed by atoms with Crippen LogP contribution in [-0.2, 0) is 6.42 Å². The zero-order valence-electron chi connectivity index (χ0n) is 18.1. The summed E-state index contributed by atoms with van der Waals surface area (Å²) < 4.78 is 5.38. The van der Waals surface area contributed by atoms with Crippen molar-refractivity contribution in [1.29, 1.82) is 0 Å². The van der Waals surface area contributed by atoms with Crippen LogP contribution in [0.3, 0.4) is 0 Å². The lowest BCUT2D eigenvalue weighted by atomic mass is 9.79. The second-order valence-electron chi connectivity index (χ2n) is 8.40. The molecule has 1 aliphatic carbocycles. The van der Waals surface area contributed by atoms with E-state index in [9.17, 15) is 0 Å². The van der Waals surface area contributed by atoms with Crippen LogP contribution in [0.5, 0.6) is 0 Å². The van der Waals surface area contributed by atoms with Gasteiger partial charge in [-0.2, -0.15) is 4.98 Å². The summed E-state index contributed by atoms with van der Waals surface area (Å²) in [7, 11) is 4.36. The highest BCUT2D eigenvalue weighted by Gasteiger charge is 2.27. The summed E-state index contributed by atoms with van der Waals surface area (Å²) in [6.45, 7) is 0. The first-order valence-corrected chi connectivity index (χ1v) is 11.2. The Morgan fingerprint density at radius 1 is 1.10 bits per heavy atom. The quantitative estimate of drug-likeness (QED) is 0.425. The van der Waals surface area contributed by atoms with Crippen molar-refractivity contribution in [2.45, 2.75) is 38.1 Å². The first-order chi connectivity index (χ1) is 15.1. The van der Waals surface area contributed by atoms with Gasteiger partial charge in [-0.05, 0) is 74.5 Å². The molecule has 2 aromatic carbocycles. The predicted octanol–water partition coefficient (Wildman–Crippen LogP) is 6.35. The Hall–Kier alpha value is -2.65. The van der Waals surface area contributed by atoms with Crippen molar-refractivity contribution in [3.63, 3.8) is 0 Å². The van der Waals surface area contributed by atoms with Crippen LogP contribution < -0.4 is 0 Å². The largest absolute Gasteiger partial charge is 0.334 e. The van der Waals surface area contributed by atoms with Crippen LogP contribution >= 0.6 is 11.6 Å². The number of aromatic nitrogens is 2. The van der Waals surface area contributed by atoms with Crippen LogP contribution in [0.25, 0.3) is 6.08 Å². The summed E-state index contributed by atoms with van der Waals surface area (Å²) in [5, 5.41) is 4.81. The Bertz CT molecular complexity index is 1040. The predicted molar refractivity (Wildman–Crippen MR) is 125 cm³/mol. The van der Waals surface area contributed by atoms with Gasteiger partial charge in [-0.3, -0.25) is 0 Å². The van der Waals surface area contributed by atoms with Crippen molar-refractivity contribution in [3.8, 4) is 0 Å². The molecule has 1 unspecified atom stereocenters. The van der Waals surface area contributed by atoms with E-state index in [2.05, 4.69) is 65.2 Å². The molecule has 0 bridgehead atoms. The fourth-order valence-corrected chi connectivity index (χ4v) is 4.56. The molecular weight excluding hydrogens is 406 g/mol. The van der Waals surface area contributed by atoms with Gasteiger partial charge in [-0.15, -0.1) is 5.73 Å². The van der Waals surface area contributed by atoms with E-state index in [1.807, 2.05) is 30.3 Å². The van der Waals surface area contributed by atoms with Crippen molar-refractivity contribution in [2.75, 3.05) is 14.1 Å². The van der Waals surface area contributed by atoms with Gasteiger partial charge in [0, 0.05) is 23.6 Å². The summed E-state index contributed by atoms with van der Waals surface area (Å²) in [6, 6.07) is 19.0. The topological polar surface area (TPSA) is 42.2 Å². The van der Waals surface area contributed by atoms with Gasteiger partial charge in [0.1, 0.15) is 0 Å². The van der Waals surface area contributed by atoms with Crippen molar-refractivity contribution < 1.29 is 4.52 Å². The summed E-state index contributed by atoms with van der Waals surface area (Å²) in [5.74, 6) is 1.83. The summed E-state index contributed by atoms with van der Waals surface area (Å²) in [6.07, 6.45) is 6.90. The van der Waals surface area contributed by atoms with E-state index in [-0.39, 0.29) is 0 Å². The van der Waals surface area contributed by atoms with Gasteiger partial charge < -0.3 is 9.42 Å². The van der Waals surface area contributed by atoms with Crippen molar-refractivity contribution in [3.05, 3.63) is 93.8 Å². The molecule has 1 atom stereocenters. The van der Waals surface area contributed by atoms with Crippen LogP contribution in [0.1, 0.15) is 54.6 Å². The molecule has 0 saturated heterocycles. The Kier molecular flexibility index (Phi) is 7.03. The van der Waals surface area contributed by atoms with E-state index >= 15 is 0 Å². The Balaban J connectivity index is 1.38. The molecule has 1 aliphatic rings. The summed E-state index contributed by atoms with van der Waals surface area (Å²) in [5.41, 5.74) is 7.25. The number of allylic oxidation sites excluding steroid dienone is 1. The molecule has 0 radical (unpaired) electrons. The standard InChI is InChI=1S/C26H28ClN3O/c1-30(2)26(21-6-4-3-5-7-21)22-13-8-19(9-14-22)12-17-25-28-24(29-31-25)18-20-10-15-23(27)16-11-20/h3-7,10-11,15-17,22,26H,8-9,13-14,18H2,1-2H3. The van der Waals surface area contributed by atoms with E-state index in [4.69, 9.17) is 16.1 Å². The number of benzene rings is 2. The minimum absolute atomic E-state index is 0.457. The van der Waals surface area contributed by atoms with Crippen LogP contribution in [0.15, 0.2) is 70.4 Å². The zero-order valence-corrected chi connectivity index (χ0v) is 18.8. The Morgan fingerprint density at radius 2 is 1.81 bits per heavy atom. The Labute approximate surface area is 189 Å². The molecule has 3 aromatic rings. The molecule has 4 nitrogen and oxygen atoms in total. The molecule has 1 aromatic heterocycles. The van der Waals surface area contributed by atoms with E-state index in [0.717, 1.165) is 23.4 Å². The number of nitrogens with zero attached hydrogens (tertiary/aromatic N) is 3. The molecule has 5 heteroatoms.